The highest BCUT2D eigenvalue weighted by Crippen LogP contribution is 2.23. The van der Waals surface area contributed by atoms with Crippen LogP contribution in [-0.2, 0) is 20.2 Å². The minimum Gasteiger partial charge on any atom is -0.371 e. The first-order valence-corrected chi connectivity index (χ1v) is 7.42. The Bertz CT molecular complexity index is 559. The van der Waals surface area contributed by atoms with E-state index in [0.717, 1.165) is 24.3 Å². The van der Waals surface area contributed by atoms with Gasteiger partial charge in [0.2, 0.25) is 10.9 Å². The average Bonchev–Trinajstić information content (AvgIpc) is 2.25. The van der Waals surface area contributed by atoms with Crippen LogP contribution in [0.15, 0.2) is 24.3 Å². The lowest BCUT2D eigenvalue weighted by Gasteiger charge is -2.10. The molecule has 0 heterocycles. The number of benzene rings is 1. The summed E-state index contributed by atoms with van der Waals surface area (Å²) in [4.78, 5) is 0. The van der Waals surface area contributed by atoms with E-state index in [9.17, 15) is 27.0 Å². The van der Waals surface area contributed by atoms with Crippen LogP contribution < -0.4 is 0 Å². The SMILES string of the molecule is O=S(=O)(O)[C@@H](O)c1ccc([C@H](O)S(=O)(=O)O)cc1. The fraction of sp³-hybridized carbons (Fsp3) is 0.250. The van der Waals surface area contributed by atoms with Gasteiger partial charge in [-0.2, -0.15) is 16.8 Å². The molecule has 0 aliphatic rings. The molecule has 1 aromatic carbocycles. The van der Waals surface area contributed by atoms with Crippen LogP contribution in [0.5, 0.6) is 0 Å². The zero-order valence-corrected chi connectivity index (χ0v) is 10.3. The van der Waals surface area contributed by atoms with Crippen molar-refractivity contribution < 1.29 is 36.2 Å². The Balaban J connectivity index is 3.08. The van der Waals surface area contributed by atoms with Crippen LogP contribution in [0.3, 0.4) is 0 Å². The quantitative estimate of drug-likeness (QED) is 0.540. The third-order valence-corrected chi connectivity index (χ3v) is 3.74. The number of hydrogen-bond acceptors (Lipinski definition) is 6. The van der Waals surface area contributed by atoms with Crippen molar-refractivity contribution in [2.75, 3.05) is 0 Å². The van der Waals surface area contributed by atoms with Gasteiger partial charge in [-0.05, 0) is 11.1 Å². The number of rotatable bonds is 4. The van der Waals surface area contributed by atoms with Crippen LogP contribution in [0.4, 0.5) is 0 Å². The fourth-order valence-corrected chi connectivity index (χ4v) is 2.17. The van der Waals surface area contributed by atoms with Crippen molar-refractivity contribution in [1.82, 2.24) is 0 Å². The van der Waals surface area contributed by atoms with Crippen LogP contribution in [0.1, 0.15) is 22.0 Å². The first-order valence-electron chi connectivity index (χ1n) is 4.42. The molecule has 1 rings (SSSR count). The maximum Gasteiger partial charge on any atom is 0.296 e. The molecule has 4 N–H and O–H groups in total. The van der Waals surface area contributed by atoms with E-state index in [1.807, 2.05) is 0 Å². The monoisotopic (exact) mass is 298 g/mol. The van der Waals surface area contributed by atoms with E-state index in [1.165, 1.54) is 0 Å². The second-order valence-electron chi connectivity index (χ2n) is 3.40. The molecule has 0 saturated heterocycles. The van der Waals surface area contributed by atoms with Gasteiger partial charge >= 0.3 is 0 Å². The van der Waals surface area contributed by atoms with E-state index in [2.05, 4.69) is 0 Å². The second-order valence-corrected chi connectivity index (χ2v) is 6.35. The van der Waals surface area contributed by atoms with Crippen molar-refractivity contribution in [1.29, 1.82) is 0 Å². The number of aliphatic hydroxyl groups is 2. The standard InChI is InChI=1S/C8H10O8S2/c9-7(17(11,12)13)5-1-2-6(4-3-5)8(10)18(14,15)16/h1-4,7-10H,(H,11,12,13)(H,14,15,16)/t7-,8-/m1/s1. The Labute approximate surface area is 103 Å². The second kappa shape index (κ2) is 4.91. The summed E-state index contributed by atoms with van der Waals surface area (Å²) in [6, 6.07) is 3.95. The zero-order chi connectivity index (χ0) is 14.1. The van der Waals surface area contributed by atoms with E-state index in [-0.39, 0.29) is 11.1 Å². The Kier molecular flexibility index (Phi) is 4.10. The molecule has 0 aliphatic heterocycles. The molecule has 0 saturated carbocycles. The van der Waals surface area contributed by atoms with E-state index >= 15 is 0 Å². The summed E-state index contributed by atoms with van der Waals surface area (Å²) in [6.45, 7) is 0. The molecule has 2 atom stereocenters. The highest BCUT2D eigenvalue weighted by atomic mass is 32.2. The van der Waals surface area contributed by atoms with Gasteiger partial charge in [-0.25, -0.2) is 0 Å². The summed E-state index contributed by atoms with van der Waals surface area (Å²) in [5.41, 5.74) is -4.78. The molecule has 0 aliphatic carbocycles. The number of hydrogen-bond donors (Lipinski definition) is 4. The first kappa shape index (κ1) is 15.0. The molecule has 0 amide bonds. The maximum absolute atomic E-state index is 10.6. The molecular formula is C8H10O8S2. The van der Waals surface area contributed by atoms with E-state index in [0.29, 0.717) is 0 Å². The zero-order valence-electron chi connectivity index (χ0n) is 8.70. The van der Waals surface area contributed by atoms with Crippen LogP contribution >= 0.6 is 0 Å². The third kappa shape index (κ3) is 3.48. The van der Waals surface area contributed by atoms with Crippen molar-refractivity contribution in [3.63, 3.8) is 0 Å². The van der Waals surface area contributed by atoms with E-state index < -0.39 is 31.1 Å². The topological polar surface area (TPSA) is 149 Å². The minimum absolute atomic E-state index is 0.219. The lowest BCUT2D eigenvalue weighted by atomic mass is 10.1. The molecule has 8 nitrogen and oxygen atoms in total. The predicted molar refractivity (Wildman–Crippen MR) is 59.5 cm³/mol. The lowest BCUT2D eigenvalue weighted by molar-refractivity contribution is 0.235. The normalized spacial score (nSPS) is 16.2. The summed E-state index contributed by atoms with van der Waals surface area (Å²) in [7, 11) is -9.38. The fourth-order valence-electron chi connectivity index (χ4n) is 1.17. The van der Waals surface area contributed by atoms with Gasteiger partial charge in [-0.15, -0.1) is 0 Å². The van der Waals surface area contributed by atoms with Gasteiger partial charge < -0.3 is 10.2 Å². The van der Waals surface area contributed by atoms with Crippen molar-refractivity contribution in [2.45, 2.75) is 10.9 Å². The molecule has 0 aromatic heterocycles. The van der Waals surface area contributed by atoms with Crippen LogP contribution in [0, 0.1) is 0 Å². The molecule has 0 fully saturated rings. The van der Waals surface area contributed by atoms with Gasteiger partial charge in [0.25, 0.3) is 20.2 Å². The summed E-state index contributed by atoms with van der Waals surface area (Å²) < 4.78 is 59.7. The van der Waals surface area contributed by atoms with E-state index in [4.69, 9.17) is 9.11 Å². The van der Waals surface area contributed by atoms with Gasteiger partial charge in [0.1, 0.15) is 0 Å². The summed E-state index contributed by atoms with van der Waals surface area (Å²) >= 11 is 0. The molecule has 1 aromatic rings. The van der Waals surface area contributed by atoms with Crippen molar-refractivity contribution >= 4 is 20.2 Å². The molecular weight excluding hydrogens is 288 g/mol. The minimum atomic E-state index is -4.69. The molecule has 0 unspecified atom stereocenters. The Morgan fingerprint density at radius 3 is 1.11 bits per heavy atom. The lowest BCUT2D eigenvalue weighted by Crippen LogP contribution is -2.13. The highest BCUT2D eigenvalue weighted by Gasteiger charge is 2.24. The van der Waals surface area contributed by atoms with Gasteiger partial charge in [0.15, 0.2) is 0 Å². The summed E-state index contributed by atoms with van der Waals surface area (Å²) in [5.74, 6) is 0. The summed E-state index contributed by atoms with van der Waals surface area (Å²) in [6.07, 6.45) is 0. The Hall–Kier alpha value is -1.04. The molecule has 0 bridgehead atoms. The van der Waals surface area contributed by atoms with Gasteiger partial charge in [-0.3, -0.25) is 9.11 Å². The van der Waals surface area contributed by atoms with Crippen LogP contribution in [0.2, 0.25) is 0 Å². The van der Waals surface area contributed by atoms with E-state index in [1.54, 1.807) is 0 Å². The van der Waals surface area contributed by atoms with Gasteiger partial charge in [0, 0.05) is 0 Å². The molecule has 0 spiro atoms. The van der Waals surface area contributed by atoms with Gasteiger partial charge in [0.05, 0.1) is 0 Å². The molecule has 10 heteroatoms. The molecule has 102 valence electrons. The average molecular weight is 298 g/mol. The predicted octanol–water partition coefficient (Wildman–Crippen LogP) is -0.556. The van der Waals surface area contributed by atoms with Crippen LogP contribution in [-0.4, -0.2) is 36.2 Å². The Morgan fingerprint density at radius 2 is 0.944 bits per heavy atom. The maximum atomic E-state index is 10.6. The largest absolute Gasteiger partial charge is 0.371 e. The molecule has 18 heavy (non-hydrogen) atoms. The first-order chi connectivity index (χ1) is 8.03. The Morgan fingerprint density at radius 1 is 0.722 bits per heavy atom. The van der Waals surface area contributed by atoms with Crippen molar-refractivity contribution in [3.05, 3.63) is 35.4 Å². The van der Waals surface area contributed by atoms with Gasteiger partial charge in [-0.1, -0.05) is 24.3 Å². The highest BCUT2D eigenvalue weighted by molar-refractivity contribution is 7.86. The third-order valence-electron chi connectivity index (χ3n) is 2.07. The molecule has 0 radical (unpaired) electrons. The smallest absolute Gasteiger partial charge is 0.296 e. The van der Waals surface area contributed by atoms with Crippen molar-refractivity contribution in [3.8, 4) is 0 Å². The van der Waals surface area contributed by atoms with Crippen molar-refractivity contribution in [2.24, 2.45) is 0 Å². The summed E-state index contributed by atoms with van der Waals surface area (Å²) in [5, 5.41) is 18.4. The van der Waals surface area contributed by atoms with Crippen LogP contribution in [0.25, 0.3) is 0 Å². The number of aliphatic hydroxyl groups excluding tert-OH is 2.